The topological polar surface area (TPSA) is 206 Å². The van der Waals surface area contributed by atoms with Crippen LogP contribution in [0.15, 0.2) is 59.7 Å². The van der Waals surface area contributed by atoms with E-state index in [9.17, 15) is 18.8 Å². The number of benzene rings is 2. The smallest absolute Gasteiger partial charge is 0.411 e. The van der Waals surface area contributed by atoms with Crippen molar-refractivity contribution in [3.63, 3.8) is 0 Å². The summed E-state index contributed by atoms with van der Waals surface area (Å²) < 4.78 is 18.8. The molecular formula is C31H31Cl2FN10O4. The molecule has 0 spiro atoms. The van der Waals surface area contributed by atoms with E-state index >= 15 is 0 Å². The third-order valence-corrected chi connectivity index (χ3v) is 7.15. The number of anilines is 3. The highest BCUT2D eigenvalue weighted by atomic mass is 35.5. The van der Waals surface area contributed by atoms with Crippen molar-refractivity contribution in [2.45, 2.75) is 26.3 Å². The number of aromatic amines is 1. The number of methoxy groups -OCH3 is 1. The fourth-order valence-corrected chi connectivity index (χ4v) is 4.83. The van der Waals surface area contributed by atoms with Crippen LogP contribution in [0.2, 0.25) is 10.2 Å². The van der Waals surface area contributed by atoms with Crippen molar-refractivity contribution in [2.24, 2.45) is 16.8 Å². The van der Waals surface area contributed by atoms with Gasteiger partial charge in [-0.1, -0.05) is 23.2 Å². The number of hydrogen-bond donors (Lipinski definition) is 6. The Hall–Kier alpha value is -5.51. The van der Waals surface area contributed by atoms with Gasteiger partial charge in [-0.2, -0.15) is 5.10 Å². The van der Waals surface area contributed by atoms with Crippen molar-refractivity contribution < 1.29 is 23.5 Å². The number of ether oxygens (including phenoxy) is 1. The zero-order valence-electron chi connectivity index (χ0n) is 25.7. The van der Waals surface area contributed by atoms with Crippen LogP contribution in [0.1, 0.15) is 29.2 Å². The molecule has 4 rings (SSSR count). The number of nitrogens with two attached hydrogens (primary N) is 2. The number of H-pyrrole nitrogens is 1. The first-order valence-electron chi connectivity index (χ1n) is 14.2. The summed E-state index contributed by atoms with van der Waals surface area (Å²) in [6.07, 6.45) is 3.25. The third-order valence-electron chi connectivity index (χ3n) is 6.64. The van der Waals surface area contributed by atoms with Crippen LogP contribution in [0.25, 0.3) is 17.3 Å². The number of imidazole rings is 1. The highest BCUT2D eigenvalue weighted by Crippen LogP contribution is 2.34. The first-order valence-corrected chi connectivity index (χ1v) is 14.9. The fourth-order valence-electron chi connectivity index (χ4n) is 4.40. The predicted octanol–water partition coefficient (Wildman–Crippen LogP) is 4.89. The molecule has 0 aliphatic rings. The molecule has 0 atom stereocenters. The average molecular weight is 698 g/mol. The van der Waals surface area contributed by atoms with Gasteiger partial charge in [-0.25, -0.2) is 20.0 Å². The van der Waals surface area contributed by atoms with Crippen molar-refractivity contribution in [1.82, 2.24) is 20.3 Å². The Bertz CT molecular complexity index is 1880. The van der Waals surface area contributed by atoms with Gasteiger partial charge in [0.2, 0.25) is 11.8 Å². The van der Waals surface area contributed by atoms with Gasteiger partial charge in [-0.3, -0.25) is 24.9 Å². The van der Waals surface area contributed by atoms with Gasteiger partial charge in [0, 0.05) is 46.4 Å². The van der Waals surface area contributed by atoms with E-state index in [2.05, 4.69) is 40.7 Å². The molecule has 0 aliphatic heterocycles. The molecule has 14 nitrogen and oxygen atoms in total. The molecule has 0 saturated heterocycles. The monoisotopic (exact) mass is 696 g/mol. The lowest BCUT2D eigenvalue weighted by Crippen LogP contribution is -2.30. The van der Waals surface area contributed by atoms with Crippen molar-refractivity contribution in [2.75, 3.05) is 22.8 Å². The molecule has 0 fully saturated rings. The average Bonchev–Trinajstić information content (AvgIpc) is 3.43. The van der Waals surface area contributed by atoms with Gasteiger partial charge in [0.1, 0.15) is 28.8 Å². The predicted molar refractivity (Wildman–Crippen MR) is 183 cm³/mol. The molecule has 250 valence electrons. The summed E-state index contributed by atoms with van der Waals surface area (Å²) in [6.45, 7) is 1.69. The Balaban J connectivity index is 1.50. The number of nitrogens with zero attached hydrogens (tertiary/aromatic N) is 4. The number of nitrogens with one attached hydrogen (secondary N) is 4. The zero-order valence-corrected chi connectivity index (χ0v) is 27.2. The largest absolute Gasteiger partial charge is 0.453 e. The first-order chi connectivity index (χ1) is 23.0. The van der Waals surface area contributed by atoms with Crippen molar-refractivity contribution >= 4 is 70.6 Å². The molecule has 0 unspecified atom stereocenters. The Labute approximate surface area is 284 Å². The van der Waals surface area contributed by atoms with Crippen LogP contribution >= 0.6 is 23.2 Å². The highest BCUT2D eigenvalue weighted by molar-refractivity contribution is 6.32. The molecule has 3 amide bonds. The summed E-state index contributed by atoms with van der Waals surface area (Å²) in [5.74, 6) is 9.99. The lowest BCUT2D eigenvalue weighted by Gasteiger charge is -2.15. The van der Waals surface area contributed by atoms with E-state index in [0.29, 0.717) is 39.0 Å². The number of carbonyl (C=O) groups excluding carboxylic acids is 3. The van der Waals surface area contributed by atoms with Crippen LogP contribution in [0, 0.1) is 12.7 Å². The van der Waals surface area contributed by atoms with E-state index in [-0.39, 0.29) is 41.6 Å². The summed E-state index contributed by atoms with van der Waals surface area (Å²) in [7, 11) is 1.21. The SMILES string of the molecule is COC(=O)Nc1ccc(-c2nc(CNC(=O)/C=C/c3cc(Cl)ccc3N(N)/C=N\N)[nH]c2Cl)c(NC(=O)CCc2nc(C)ccc2F)c1. The number of hydrazine groups is 1. The molecule has 4 aromatic rings. The van der Waals surface area contributed by atoms with Gasteiger partial charge in [-0.15, -0.1) is 0 Å². The molecule has 0 aliphatic carbocycles. The Morgan fingerprint density at radius 3 is 2.65 bits per heavy atom. The van der Waals surface area contributed by atoms with E-state index in [4.69, 9.17) is 34.9 Å². The number of pyridine rings is 1. The second-order valence-corrected chi connectivity index (χ2v) is 10.9. The molecule has 0 radical (unpaired) electrons. The number of amides is 3. The van der Waals surface area contributed by atoms with Crippen LogP contribution in [0.3, 0.4) is 0 Å². The lowest BCUT2D eigenvalue weighted by molar-refractivity contribution is -0.117. The molecule has 48 heavy (non-hydrogen) atoms. The summed E-state index contributed by atoms with van der Waals surface area (Å²) >= 11 is 12.6. The Morgan fingerprint density at radius 1 is 1.10 bits per heavy atom. The maximum atomic E-state index is 14.2. The second kappa shape index (κ2) is 16.4. The minimum atomic E-state index is -0.720. The van der Waals surface area contributed by atoms with Gasteiger partial charge >= 0.3 is 6.09 Å². The molecule has 2 heterocycles. The van der Waals surface area contributed by atoms with Gasteiger partial charge in [0.05, 0.1) is 30.7 Å². The van der Waals surface area contributed by atoms with E-state index in [1.807, 2.05) is 0 Å². The van der Waals surface area contributed by atoms with E-state index in [0.717, 1.165) is 0 Å². The van der Waals surface area contributed by atoms with Gasteiger partial charge < -0.3 is 26.2 Å². The van der Waals surface area contributed by atoms with Gasteiger partial charge in [-0.05, 0) is 61.5 Å². The van der Waals surface area contributed by atoms with Crippen LogP contribution in [-0.4, -0.2) is 46.3 Å². The number of hydrazone groups is 1. The summed E-state index contributed by atoms with van der Waals surface area (Å²) in [5, 5.41) is 13.1. The number of carbonyl (C=O) groups is 3. The normalized spacial score (nSPS) is 11.1. The summed E-state index contributed by atoms with van der Waals surface area (Å²) in [5.41, 5.74) is 3.04. The van der Waals surface area contributed by atoms with E-state index in [1.165, 1.54) is 42.7 Å². The number of hydrogen-bond acceptors (Lipinski definition) is 9. The minimum absolute atomic E-state index is 0.0349. The fraction of sp³-hybridized carbons (Fsp3) is 0.161. The molecule has 0 bridgehead atoms. The maximum absolute atomic E-state index is 14.2. The highest BCUT2D eigenvalue weighted by Gasteiger charge is 2.18. The Kier molecular flexibility index (Phi) is 12.0. The number of rotatable bonds is 12. The van der Waals surface area contributed by atoms with Crippen LogP contribution < -0.4 is 32.6 Å². The van der Waals surface area contributed by atoms with E-state index < -0.39 is 23.7 Å². The first kappa shape index (κ1) is 35.3. The standard InChI is InChI=1S/C31H31Cl2FN10O4/c1-17-3-8-22(34)23(39-17)9-12-28(46)41-24-14-20(40-31(47)48-2)6-7-21(24)29-30(33)43-26(42-29)15-37-27(45)11-4-18-13-19(32)5-10-25(18)44(36)16-38-35/h3-8,10-11,13-14,16H,9,12,15,35-36H2,1-2H3,(H,37,45)(H,40,47)(H,41,46)(H,42,43)/b11-4+,38-16-. The zero-order chi connectivity index (χ0) is 34.8. The molecule has 8 N–H and O–H groups in total. The van der Waals surface area contributed by atoms with Gasteiger partial charge in [0.25, 0.3) is 0 Å². The Morgan fingerprint density at radius 2 is 1.90 bits per heavy atom. The summed E-state index contributed by atoms with van der Waals surface area (Å²) in [6, 6.07) is 12.4. The minimum Gasteiger partial charge on any atom is -0.453 e. The van der Waals surface area contributed by atoms with Crippen LogP contribution in [0.4, 0.5) is 26.2 Å². The van der Waals surface area contributed by atoms with E-state index in [1.54, 1.807) is 43.3 Å². The van der Waals surface area contributed by atoms with Crippen molar-refractivity contribution in [3.8, 4) is 11.3 Å². The second-order valence-electron chi connectivity index (χ2n) is 10.1. The molecule has 2 aromatic carbocycles. The molecule has 0 saturated carbocycles. The lowest BCUT2D eigenvalue weighted by atomic mass is 10.1. The van der Waals surface area contributed by atoms with Gasteiger partial charge in [0.15, 0.2) is 0 Å². The van der Waals surface area contributed by atoms with Crippen molar-refractivity contribution in [1.29, 1.82) is 0 Å². The third kappa shape index (κ3) is 9.51. The molecular weight excluding hydrogens is 666 g/mol. The maximum Gasteiger partial charge on any atom is 0.411 e. The number of aromatic nitrogens is 3. The quantitative estimate of drug-likeness (QED) is 0.0391. The molecule has 17 heteroatoms. The van der Waals surface area contributed by atoms with Crippen LogP contribution in [-0.2, 0) is 27.3 Å². The summed E-state index contributed by atoms with van der Waals surface area (Å²) in [4.78, 5) is 49.0. The van der Waals surface area contributed by atoms with Crippen molar-refractivity contribution in [3.05, 3.63) is 93.4 Å². The number of aryl methyl sites for hydroxylation is 2. The number of halogens is 3. The molecule has 2 aromatic heterocycles. The van der Waals surface area contributed by atoms with Crippen LogP contribution in [0.5, 0.6) is 0 Å².